The number of nitrogen functional groups attached to an aromatic ring is 1. The number of carbonyl (C=O) groups is 1. The van der Waals surface area contributed by atoms with Crippen molar-refractivity contribution in [3.63, 3.8) is 0 Å². The number of nitrogens with two attached hydrogens (primary N) is 1. The molecule has 0 atom stereocenters. The molecule has 19 heavy (non-hydrogen) atoms. The number of sulfone groups is 1. The Labute approximate surface area is 120 Å². The first-order valence-electron chi connectivity index (χ1n) is 5.90. The first-order chi connectivity index (χ1) is 8.84. The van der Waals surface area contributed by atoms with E-state index in [9.17, 15) is 13.2 Å². The molecule has 8 heteroatoms. The van der Waals surface area contributed by atoms with E-state index in [1.165, 1.54) is 11.8 Å². The number of thiophene rings is 1. The molecule has 2 rings (SSSR count). The minimum atomic E-state index is -3.43. The van der Waals surface area contributed by atoms with E-state index >= 15 is 0 Å². The molecule has 0 saturated heterocycles. The Morgan fingerprint density at radius 3 is 2.63 bits per heavy atom. The smallest absolute Gasteiger partial charge is 0.263 e. The molecule has 1 amide bonds. The van der Waals surface area contributed by atoms with Crippen molar-refractivity contribution < 1.29 is 13.2 Å². The fourth-order valence-corrected chi connectivity index (χ4v) is 5.80. The van der Waals surface area contributed by atoms with Gasteiger partial charge in [0.05, 0.1) is 9.90 Å². The van der Waals surface area contributed by atoms with E-state index in [1.54, 1.807) is 0 Å². The highest BCUT2D eigenvalue weighted by atomic mass is 32.2. The molecule has 0 aromatic carbocycles. The molecule has 1 saturated carbocycles. The number of thioether (sulfide) groups is 1. The van der Waals surface area contributed by atoms with Crippen LogP contribution in [-0.4, -0.2) is 32.4 Å². The average molecular weight is 320 g/mol. The minimum Gasteiger partial charge on any atom is -0.396 e. The van der Waals surface area contributed by atoms with Gasteiger partial charge in [0, 0.05) is 12.3 Å². The van der Waals surface area contributed by atoms with Crippen LogP contribution in [0.2, 0.25) is 0 Å². The Morgan fingerprint density at radius 1 is 1.53 bits per heavy atom. The number of rotatable bonds is 5. The Balaban J connectivity index is 2.42. The maximum absolute atomic E-state index is 12.0. The molecular weight excluding hydrogens is 304 g/mol. The minimum absolute atomic E-state index is 0.0848. The summed E-state index contributed by atoms with van der Waals surface area (Å²) in [4.78, 5) is 12.4. The second kappa shape index (κ2) is 5.34. The summed E-state index contributed by atoms with van der Waals surface area (Å²) in [5, 5.41) is 2.83. The third-order valence-corrected chi connectivity index (χ3v) is 6.42. The van der Waals surface area contributed by atoms with Crippen LogP contribution < -0.4 is 11.1 Å². The van der Waals surface area contributed by atoms with Gasteiger partial charge in [-0.3, -0.25) is 4.79 Å². The fourth-order valence-electron chi connectivity index (χ4n) is 1.63. The number of hydrogen-bond acceptors (Lipinski definition) is 6. The van der Waals surface area contributed by atoms with Crippen molar-refractivity contribution in [3.05, 3.63) is 4.88 Å². The molecule has 3 N–H and O–H groups in total. The van der Waals surface area contributed by atoms with Crippen molar-refractivity contribution in [3.8, 4) is 0 Å². The largest absolute Gasteiger partial charge is 0.396 e. The molecule has 1 aliphatic carbocycles. The molecular formula is C11H16N2O3S3. The van der Waals surface area contributed by atoms with E-state index in [0.717, 1.165) is 36.2 Å². The SMILES string of the molecule is CCSc1sc(C(=O)NC2CC2)c(N)c1S(C)(=O)=O. The topological polar surface area (TPSA) is 89.3 Å². The van der Waals surface area contributed by atoms with Gasteiger partial charge in [0.15, 0.2) is 9.84 Å². The van der Waals surface area contributed by atoms with Crippen LogP contribution in [0.15, 0.2) is 9.10 Å². The van der Waals surface area contributed by atoms with Crippen molar-refractivity contribution in [2.45, 2.75) is 34.9 Å². The third-order valence-electron chi connectivity index (χ3n) is 2.63. The van der Waals surface area contributed by atoms with Gasteiger partial charge in [-0.15, -0.1) is 23.1 Å². The van der Waals surface area contributed by atoms with Gasteiger partial charge in [-0.2, -0.15) is 0 Å². The maximum atomic E-state index is 12.0. The van der Waals surface area contributed by atoms with Crippen molar-refractivity contribution in [2.75, 3.05) is 17.7 Å². The van der Waals surface area contributed by atoms with Gasteiger partial charge in [-0.1, -0.05) is 6.92 Å². The van der Waals surface area contributed by atoms with Crippen LogP contribution >= 0.6 is 23.1 Å². The van der Waals surface area contributed by atoms with Gasteiger partial charge in [-0.25, -0.2) is 8.42 Å². The predicted octanol–water partition coefficient (Wildman–Crippen LogP) is 1.74. The summed E-state index contributed by atoms with van der Waals surface area (Å²) < 4.78 is 24.2. The third kappa shape index (κ3) is 3.24. The molecule has 0 unspecified atom stereocenters. The van der Waals surface area contributed by atoms with Gasteiger partial charge in [0.1, 0.15) is 9.77 Å². The highest BCUT2D eigenvalue weighted by Gasteiger charge is 2.30. The lowest BCUT2D eigenvalue weighted by atomic mass is 10.4. The Hall–Kier alpha value is -0.730. The van der Waals surface area contributed by atoms with Crippen LogP contribution in [0.5, 0.6) is 0 Å². The first kappa shape index (κ1) is 14.7. The van der Waals surface area contributed by atoms with Crippen molar-refractivity contribution in [1.82, 2.24) is 5.32 Å². The molecule has 1 aliphatic rings. The Kier molecular flexibility index (Phi) is 4.12. The number of carbonyl (C=O) groups excluding carboxylic acids is 1. The van der Waals surface area contributed by atoms with Gasteiger partial charge in [-0.05, 0) is 18.6 Å². The number of amides is 1. The summed E-state index contributed by atoms with van der Waals surface area (Å²) in [5.41, 5.74) is 5.96. The van der Waals surface area contributed by atoms with Gasteiger partial charge >= 0.3 is 0 Å². The van der Waals surface area contributed by atoms with E-state index in [2.05, 4.69) is 5.32 Å². The molecule has 1 aromatic rings. The summed E-state index contributed by atoms with van der Waals surface area (Å²) in [6.45, 7) is 1.93. The molecule has 1 fully saturated rings. The molecule has 106 valence electrons. The van der Waals surface area contributed by atoms with Crippen LogP contribution in [0, 0.1) is 0 Å². The molecule has 5 nitrogen and oxygen atoms in total. The van der Waals surface area contributed by atoms with Crippen LogP contribution in [0.3, 0.4) is 0 Å². The zero-order chi connectivity index (χ0) is 14.2. The molecule has 1 heterocycles. The quantitative estimate of drug-likeness (QED) is 0.807. The molecule has 0 radical (unpaired) electrons. The van der Waals surface area contributed by atoms with E-state index in [0.29, 0.717) is 9.09 Å². The highest BCUT2D eigenvalue weighted by molar-refractivity contribution is 8.02. The summed E-state index contributed by atoms with van der Waals surface area (Å²) in [6.07, 6.45) is 3.08. The van der Waals surface area contributed by atoms with Crippen molar-refractivity contribution >= 4 is 44.5 Å². The molecule has 0 spiro atoms. The summed E-state index contributed by atoms with van der Waals surface area (Å²) in [5.74, 6) is 0.462. The second-order valence-corrected chi connectivity index (χ2v) is 8.92. The van der Waals surface area contributed by atoms with Gasteiger partial charge in [0.25, 0.3) is 5.91 Å². The predicted molar refractivity (Wildman–Crippen MR) is 78.7 cm³/mol. The van der Waals surface area contributed by atoms with Gasteiger partial charge in [0.2, 0.25) is 0 Å². The zero-order valence-corrected chi connectivity index (χ0v) is 13.2. The number of hydrogen-bond donors (Lipinski definition) is 2. The van der Waals surface area contributed by atoms with E-state index in [4.69, 9.17) is 5.73 Å². The zero-order valence-electron chi connectivity index (χ0n) is 10.7. The number of nitrogens with one attached hydrogen (secondary N) is 1. The van der Waals surface area contributed by atoms with E-state index < -0.39 is 9.84 Å². The second-order valence-electron chi connectivity index (χ2n) is 4.41. The van der Waals surface area contributed by atoms with E-state index in [-0.39, 0.29) is 22.5 Å². The Bertz CT molecular complexity index is 603. The molecule has 0 bridgehead atoms. The van der Waals surface area contributed by atoms with Crippen molar-refractivity contribution in [2.24, 2.45) is 0 Å². The highest BCUT2D eigenvalue weighted by Crippen LogP contribution is 2.41. The van der Waals surface area contributed by atoms with Crippen LogP contribution in [0.25, 0.3) is 0 Å². The number of anilines is 1. The first-order valence-corrected chi connectivity index (χ1v) is 9.60. The average Bonchev–Trinajstić information content (AvgIpc) is 3.01. The monoisotopic (exact) mass is 320 g/mol. The lowest BCUT2D eigenvalue weighted by molar-refractivity contribution is 0.0956. The molecule has 1 aromatic heterocycles. The Morgan fingerprint density at radius 2 is 2.16 bits per heavy atom. The maximum Gasteiger partial charge on any atom is 0.263 e. The van der Waals surface area contributed by atoms with Crippen LogP contribution in [0.1, 0.15) is 29.4 Å². The summed E-state index contributed by atoms with van der Waals surface area (Å²) in [7, 11) is -3.43. The molecule has 0 aliphatic heterocycles. The summed E-state index contributed by atoms with van der Waals surface area (Å²) >= 11 is 2.56. The van der Waals surface area contributed by atoms with Crippen LogP contribution in [-0.2, 0) is 9.84 Å². The van der Waals surface area contributed by atoms with E-state index in [1.807, 2.05) is 6.92 Å². The normalized spacial score (nSPS) is 15.5. The standard InChI is InChI=1S/C11H16N2O3S3/c1-3-17-11-9(19(2,15)16)7(12)8(18-11)10(14)13-6-4-5-6/h6H,3-5,12H2,1-2H3,(H,13,14). The van der Waals surface area contributed by atoms with Crippen molar-refractivity contribution in [1.29, 1.82) is 0 Å². The fraction of sp³-hybridized carbons (Fsp3) is 0.545. The lowest BCUT2D eigenvalue weighted by Gasteiger charge is -2.02. The van der Waals surface area contributed by atoms with Crippen LogP contribution in [0.4, 0.5) is 5.69 Å². The lowest BCUT2D eigenvalue weighted by Crippen LogP contribution is -2.25. The van der Waals surface area contributed by atoms with Gasteiger partial charge < -0.3 is 11.1 Å². The summed E-state index contributed by atoms with van der Waals surface area (Å²) in [6, 6.07) is 0.220.